The molecule has 1 aliphatic carbocycles. The molecular weight excluding hydrogens is 206 g/mol. The zero-order valence-electron chi connectivity index (χ0n) is 9.26. The van der Waals surface area contributed by atoms with Crippen LogP contribution in [0.15, 0.2) is 12.3 Å². The first kappa shape index (κ1) is 10.9. The highest BCUT2D eigenvalue weighted by molar-refractivity contribution is 5.85. The first-order valence-corrected chi connectivity index (χ1v) is 5.55. The molecule has 1 saturated carbocycles. The Kier molecular flexibility index (Phi) is 3.03. The Hall–Kier alpha value is -1.65. The lowest BCUT2D eigenvalue weighted by atomic mass is 10.4. The van der Waals surface area contributed by atoms with E-state index in [1.54, 1.807) is 0 Å². The summed E-state index contributed by atoms with van der Waals surface area (Å²) in [7, 11) is 0. The molecule has 16 heavy (non-hydrogen) atoms. The minimum Gasteiger partial charge on any atom is -0.477 e. The molecule has 0 unspecified atom stereocenters. The number of hydrogen-bond donors (Lipinski definition) is 1. The predicted molar refractivity (Wildman–Crippen MR) is 59.7 cm³/mol. The summed E-state index contributed by atoms with van der Waals surface area (Å²) in [5, 5.41) is 8.87. The van der Waals surface area contributed by atoms with Gasteiger partial charge in [-0.05, 0) is 25.3 Å². The van der Waals surface area contributed by atoms with Crippen LogP contribution in [0.5, 0.6) is 0 Å². The van der Waals surface area contributed by atoms with Crippen molar-refractivity contribution >= 4 is 11.9 Å². The van der Waals surface area contributed by atoms with E-state index in [0.717, 1.165) is 25.8 Å². The molecule has 0 spiro atoms. The highest BCUT2D eigenvalue weighted by Gasteiger charge is 2.30. The molecule has 0 aromatic carbocycles. The Morgan fingerprint density at radius 1 is 1.62 bits per heavy atom. The normalized spacial score (nSPS) is 14.8. The van der Waals surface area contributed by atoms with Crippen molar-refractivity contribution in [2.24, 2.45) is 0 Å². The van der Waals surface area contributed by atoms with Gasteiger partial charge < -0.3 is 10.0 Å². The number of nitrogens with zero attached hydrogens (tertiary/aromatic N) is 3. The number of aromatic carboxylic acids is 1. The highest BCUT2D eigenvalue weighted by Crippen LogP contribution is 2.29. The van der Waals surface area contributed by atoms with E-state index in [-0.39, 0.29) is 5.69 Å². The van der Waals surface area contributed by atoms with Gasteiger partial charge in [-0.2, -0.15) is 0 Å². The van der Waals surface area contributed by atoms with E-state index in [0.29, 0.717) is 12.0 Å². The molecule has 0 atom stereocenters. The van der Waals surface area contributed by atoms with E-state index in [1.807, 2.05) is 0 Å². The van der Waals surface area contributed by atoms with Gasteiger partial charge in [0.05, 0.1) is 0 Å². The van der Waals surface area contributed by atoms with Gasteiger partial charge in [-0.15, -0.1) is 0 Å². The van der Waals surface area contributed by atoms with Gasteiger partial charge in [0, 0.05) is 18.8 Å². The maximum absolute atomic E-state index is 10.8. The van der Waals surface area contributed by atoms with Gasteiger partial charge in [0.1, 0.15) is 0 Å². The van der Waals surface area contributed by atoms with E-state index in [2.05, 4.69) is 21.8 Å². The summed E-state index contributed by atoms with van der Waals surface area (Å²) in [6, 6.07) is 1.92. The second-order valence-corrected chi connectivity index (χ2v) is 3.97. The van der Waals surface area contributed by atoms with Crippen molar-refractivity contribution in [2.75, 3.05) is 11.4 Å². The minimum atomic E-state index is -1.00. The molecule has 1 aliphatic rings. The lowest BCUT2D eigenvalue weighted by Gasteiger charge is -2.21. The third-order valence-electron chi connectivity index (χ3n) is 2.57. The second kappa shape index (κ2) is 4.47. The van der Waals surface area contributed by atoms with Crippen LogP contribution in [-0.2, 0) is 0 Å². The van der Waals surface area contributed by atoms with Crippen LogP contribution in [0.1, 0.15) is 36.7 Å². The second-order valence-electron chi connectivity index (χ2n) is 3.97. The van der Waals surface area contributed by atoms with Crippen molar-refractivity contribution in [1.29, 1.82) is 0 Å². The Labute approximate surface area is 94.1 Å². The van der Waals surface area contributed by atoms with Gasteiger partial charge in [0.15, 0.2) is 5.69 Å². The monoisotopic (exact) mass is 221 g/mol. The fourth-order valence-electron chi connectivity index (χ4n) is 1.68. The van der Waals surface area contributed by atoms with Crippen LogP contribution in [0.25, 0.3) is 0 Å². The Balaban J connectivity index is 2.22. The minimum absolute atomic E-state index is 0.0618. The van der Waals surface area contributed by atoms with Crippen LogP contribution < -0.4 is 4.90 Å². The SMILES string of the molecule is CCCN(c1nccc(C(=O)O)n1)C1CC1. The van der Waals surface area contributed by atoms with Gasteiger partial charge in [-0.3, -0.25) is 0 Å². The standard InChI is InChI=1S/C11H15N3O2/c1-2-7-14(8-3-4-8)11-12-6-5-9(13-11)10(15)16/h5-6,8H,2-4,7H2,1H3,(H,15,16). The number of hydrogen-bond acceptors (Lipinski definition) is 4. The third-order valence-corrected chi connectivity index (χ3v) is 2.57. The topological polar surface area (TPSA) is 66.3 Å². The van der Waals surface area contributed by atoms with Crippen LogP contribution in [0.4, 0.5) is 5.95 Å². The molecule has 1 aromatic heterocycles. The smallest absolute Gasteiger partial charge is 0.354 e. The average molecular weight is 221 g/mol. The Bertz CT molecular complexity index is 391. The molecule has 0 aliphatic heterocycles. The number of carboxylic acids is 1. The third kappa shape index (κ3) is 2.29. The zero-order valence-corrected chi connectivity index (χ0v) is 9.26. The molecule has 0 bridgehead atoms. The number of carbonyl (C=O) groups is 1. The molecule has 0 amide bonds. The van der Waals surface area contributed by atoms with Crippen LogP contribution in [0, 0.1) is 0 Å². The maximum Gasteiger partial charge on any atom is 0.354 e. The Morgan fingerprint density at radius 2 is 2.38 bits per heavy atom. The van der Waals surface area contributed by atoms with Crippen LogP contribution in [0.2, 0.25) is 0 Å². The molecule has 1 aromatic rings. The van der Waals surface area contributed by atoms with Crippen LogP contribution in [-0.4, -0.2) is 33.6 Å². The molecule has 1 N–H and O–H groups in total. The zero-order chi connectivity index (χ0) is 11.5. The van der Waals surface area contributed by atoms with Crippen molar-refractivity contribution in [1.82, 2.24) is 9.97 Å². The quantitative estimate of drug-likeness (QED) is 0.817. The van der Waals surface area contributed by atoms with Gasteiger partial charge in [0.25, 0.3) is 0 Å². The molecule has 2 rings (SSSR count). The fourth-order valence-corrected chi connectivity index (χ4v) is 1.68. The molecule has 0 radical (unpaired) electrons. The molecule has 0 saturated heterocycles. The first-order chi connectivity index (χ1) is 7.72. The highest BCUT2D eigenvalue weighted by atomic mass is 16.4. The molecule has 86 valence electrons. The molecular formula is C11H15N3O2. The van der Waals surface area contributed by atoms with Crippen LogP contribution in [0.3, 0.4) is 0 Å². The largest absolute Gasteiger partial charge is 0.477 e. The summed E-state index contributed by atoms with van der Waals surface area (Å²) in [5.41, 5.74) is 0.0618. The summed E-state index contributed by atoms with van der Waals surface area (Å²) in [6.07, 6.45) is 4.83. The van der Waals surface area contributed by atoms with Crippen molar-refractivity contribution in [3.63, 3.8) is 0 Å². The summed E-state index contributed by atoms with van der Waals surface area (Å²) in [6.45, 7) is 2.98. The molecule has 1 heterocycles. The molecule has 5 nitrogen and oxygen atoms in total. The number of rotatable bonds is 5. The maximum atomic E-state index is 10.8. The fraction of sp³-hybridized carbons (Fsp3) is 0.545. The van der Waals surface area contributed by atoms with Crippen LogP contribution >= 0.6 is 0 Å². The van der Waals surface area contributed by atoms with Gasteiger partial charge >= 0.3 is 5.97 Å². The van der Waals surface area contributed by atoms with Gasteiger partial charge in [-0.25, -0.2) is 14.8 Å². The van der Waals surface area contributed by atoms with Gasteiger partial charge in [0.2, 0.25) is 5.95 Å². The Morgan fingerprint density at radius 3 is 2.94 bits per heavy atom. The number of aromatic nitrogens is 2. The van der Waals surface area contributed by atoms with Crippen molar-refractivity contribution in [3.05, 3.63) is 18.0 Å². The van der Waals surface area contributed by atoms with E-state index >= 15 is 0 Å². The summed E-state index contributed by atoms with van der Waals surface area (Å²) in [5.74, 6) is -0.458. The van der Waals surface area contributed by atoms with E-state index < -0.39 is 5.97 Å². The van der Waals surface area contributed by atoms with Crippen molar-refractivity contribution < 1.29 is 9.90 Å². The lowest BCUT2D eigenvalue weighted by molar-refractivity contribution is 0.0690. The number of carboxylic acid groups (broad SMARTS) is 1. The summed E-state index contributed by atoms with van der Waals surface area (Å²) < 4.78 is 0. The van der Waals surface area contributed by atoms with E-state index in [1.165, 1.54) is 12.3 Å². The first-order valence-electron chi connectivity index (χ1n) is 5.55. The number of anilines is 1. The molecule has 5 heteroatoms. The van der Waals surface area contributed by atoms with Crippen molar-refractivity contribution in [3.8, 4) is 0 Å². The van der Waals surface area contributed by atoms with Crippen molar-refractivity contribution in [2.45, 2.75) is 32.2 Å². The summed E-state index contributed by atoms with van der Waals surface area (Å²) in [4.78, 5) is 21.1. The summed E-state index contributed by atoms with van der Waals surface area (Å²) >= 11 is 0. The molecule has 1 fully saturated rings. The van der Waals surface area contributed by atoms with E-state index in [4.69, 9.17) is 5.11 Å². The van der Waals surface area contributed by atoms with E-state index in [9.17, 15) is 4.79 Å². The lowest BCUT2D eigenvalue weighted by Crippen LogP contribution is -2.28. The average Bonchev–Trinajstić information content (AvgIpc) is 3.10. The predicted octanol–water partition coefficient (Wildman–Crippen LogP) is 1.55. The van der Waals surface area contributed by atoms with Gasteiger partial charge in [-0.1, -0.05) is 6.92 Å².